The van der Waals surface area contributed by atoms with Gasteiger partial charge in [0.2, 0.25) is 0 Å². The third kappa shape index (κ3) is 4.70. The summed E-state index contributed by atoms with van der Waals surface area (Å²) in [6.45, 7) is 12.1. The predicted octanol–water partition coefficient (Wildman–Crippen LogP) is 3.35. The zero-order valence-corrected chi connectivity index (χ0v) is 8.39. The van der Waals surface area contributed by atoms with Gasteiger partial charge in [-0.05, 0) is 19.1 Å². The molecule has 1 heteroatoms. The molecule has 0 aliphatic carbocycles. The van der Waals surface area contributed by atoms with Crippen LogP contribution in [-0.2, 0) is 0 Å². The maximum atomic E-state index is 4.18. The van der Waals surface area contributed by atoms with Crippen LogP contribution in [-0.4, -0.2) is 6.21 Å². The highest BCUT2D eigenvalue weighted by Gasteiger charge is 2.12. The molecule has 0 spiro atoms. The van der Waals surface area contributed by atoms with E-state index >= 15 is 0 Å². The molecule has 0 radical (unpaired) electrons. The van der Waals surface area contributed by atoms with Crippen molar-refractivity contribution in [1.82, 2.24) is 0 Å². The molecule has 0 N–H and O–H groups in total. The molecule has 0 rings (SSSR count). The number of nitrogens with zero attached hydrogens (tertiary/aromatic N) is 1. The number of aliphatic imine (C=N–C) groups is 1. The van der Waals surface area contributed by atoms with Crippen molar-refractivity contribution in [2.75, 3.05) is 0 Å². The first kappa shape index (κ1) is 10.9. The van der Waals surface area contributed by atoms with E-state index in [0.717, 1.165) is 5.70 Å². The summed E-state index contributed by atoms with van der Waals surface area (Å²) in [6, 6.07) is 0. The summed E-state index contributed by atoms with van der Waals surface area (Å²) in [6.07, 6.45) is 5.33. The number of hydrogen-bond donors (Lipinski definition) is 0. The predicted molar refractivity (Wildman–Crippen MR) is 55.4 cm³/mol. The summed E-state index contributed by atoms with van der Waals surface area (Å²) in [5.74, 6) is 0. The van der Waals surface area contributed by atoms with E-state index in [9.17, 15) is 0 Å². The summed E-state index contributed by atoms with van der Waals surface area (Å²) in [7, 11) is 0. The monoisotopic (exact) mass is 163 g/mol. The van der Waals surface area contributed by atoms with E-state index in [1.165, 1.54) is 0 Å². The van der Waals surface area contributed by atoms with Crippen molar-refractivity contribution < 1.29 is 0 Å². The van der Waals surface area contributed by atoms with Crippen LogP contribution in [0.3, 0.4) is 0 Å². The minimum Gasteiger partial charge on any atom is -0.261 e. The third-order valence-electron chi connectivity index (χ3n) is 1.43. The molecule has 0 saturated heterocycles. The first-order valence-corrected chi connectivity index (χ1v) is 4.07. The average Bonchev–Trinajstić information content (AvgIpc) is 1.96. The summed E-state index contributed by atoms with van der Waals surface area (Å²) in [5.41, 5.74) is 3.86. The van der Waals surface area contributed by atoms with Crippen LogP contribution in [0, 0.1) is 5.41 Å². The van der Waals surface area contributed by atoms with Crippen molar-refractivity contribution in [3.63, 3.8) is 0 Å². The molecule has 0 amide bonds. The van der Waals surface area contributed by atoms with Gasteiger partial charge in [-0.15, -0.1) is 5.73 Å². The summed E-state index contributed by atoms with van der Waals surface area (Å²) in [5, 5.41) is 0. The van der Waals surface area contributed by atoms with Crippen molar-refractivity contribution >= 4 is 6.21 Å². The van der Waals surface area contributed by atoms with Crippen LogP contribution in [0.1, 0.15) is 27.7 Å². The SMILES string of the molecule is C=C(/N=C\C=C=CC)C(C)(C)C. The van der Waals surface area contributed by atoms with Gasteiger partial charge in [0.1, 0.15) is 0 Å². The fourth-order valence-corrected chi connectivity index (χ4v) is 0.460. The molecule has 66 valence electrons. The molecule has 0 heterocycles. The van der Waals surface area contributed by atoms with E-state index < -0.39 is 0 Å². The highest BCUT2D eigenvalue weighted by Crippen LogP contribution is 2.23. The quantitative estimate of drug-likeness (QED) is 0.437. The Kier molecular flexibility index (Phi) is 4.31. The van der Waals surface area contributed by atoms with Crippen LogP contribution in [0.15, 0.2) is 35.2 Å². The van der Waals surface area contributed by atoms with Crippen molar-refractivity contribution in [3.05, 3.63) is 30.2 Å². The Morgan fingerprint density at radius 2 is 2.00 bits per heavy atom. The Morgan fingerprint density at radius 1 is 1.42 bits per heavy atom. The standard InChI is InChI=1S/C11H17N/c1-6-7-8-9-12-10(2)11(3,4)5/h6,8-9H,2H2,1,3-5H3/b12-9-. The summed E-state index contributed by atoms with van der Waals surface area (Å²) < 4.78 is 0. The van der Waals surface area contributed by atoms with E-state index in [1.54, 1.807) is 12.3 Å². The normalized spacial score (nSPS) is 11.0. The Morgan fingerprint density at radius 3 is 2.42 bits per heavy atom. The summed E-state index contributed by atoms with van der Waals surface area (Å²) in [4.78, 5) is 4.18. The zero-order chi connectivity index (χ0) is 9.61. The molecular formula is C11H17N. The minimum atomic E-state index is 0.0558. The van der Waals surface area contributed by atoms with E-state index in [4.69, 9.17) is 0 Å². The number of rotatable bonds is 2. The smallest absolute Gasteiger partial charge is 0.0385 e. The van der Waals surface area contributed by atoms with E-state index in [2.05, 4.69) is 38.1 Å². The van der Waals surface area contributed by atoms with E-state index in [1.807, 2.05) is 13.0 Å². The fourth-order valence-electron chi connectivity index (χ4n) is 0.460. The van der Waals surface area contributed by atoms with Gasteiger partial charge in [0.25, 0.3) is 0 Å². The van der Waals surface area contributed by atoms with E-state index in [0.29, 0.717) is 0 Å². The highest BCUT2D eigenvalue weighted by molar-refractivity contribution is 5.71. The van der Waals surface area contributed by atoms with Gasteiger partial charge in [-0.3, -0.25) is 4.99 Å². The average molecular weight is 163 g/mol. The lowest BCUT2D eigenvalue weighted by Gasteiger charge is -2.16. The molecule has 0 aromatic heterocycles. The van der Waals surface area contributed by atoms with Gasteiger partial charge >= 0.3 is 0 Å². The van der Waals surface area contributed by atoms with Crippen LogP contribution in [0.25, 0.3) is 0 Å². The van der Waals surface area contributed by atoms with Gasteiger partial charge < -0.3 is 0 Å². The molecule has 0 aliphatic rings. The first-order chi connectivity index (χ1) is 5.48. The molecule has 0 bridgehead atoms. The molecular weight excluding hydrogens is 146 g/mol. The fraction of sp³-hybridized carbons (Fsp3) is 0.455. The second-order valence-electron chi connectivity index (χ2n) is 3.60. The number of hydrogen-bond acceptors (Lipinski definition) is 1. The third-order valence-corrected chi connectivity index (χ3v) is 1.43. The molecule has 0 aromatic carbocycles. The van der Waals surface area contributed by atoms with Crippen LogP contribution >= 0.6 is 0 Å². The molecule has 12 heavy (non-hydrogen) atoms. The maximum absolute atomic E-state index is 4.18. The maximum Gasteiger partial charge on any atom is 0.0385 e. The first-order valence-electron chi connectivity index (χ1n) is 4.07. The summed E-state index contributed by atoms with van der Waals surface area (Å²) >= 11 is 0. The minimum absolute atomic E-state index is 0.0558. The Hall–Kier alpha value is -1.07. The van der Waals surface area contributed by atoms with Crippen molar-refractivity contribution in [3.8, 4) is 0 Å². The largest absolute Gasteiger partial charge is 0.261 e. The van der Waals surface area contributed by atoms with Crippen LogP contribution in [0.2, 0.25) is 0 Å². The molecule has 0 fully saturated rings. The molecule has 0 unspecified atom stereocenters. The Labute approximate surface area is 75.2 Å². The second-order valence-corrected chi connectivity index (χ2v) is 3.60. The van der Waals surface area contributed by atoms with Crippen molar-refractivity contribution in [1.29, 1.82) is 0 Å². The van der Waals surface area contributed by atoms with E-state index in [-0.39, 0.29) is 5.41 Å². The van der Waals surface area contributed by atoms with Crippen LogP contribution in [0.5, 0.6) is 0 Å². The highest BCUT2D eigenvalue weighted by atomic mass is 14.7. The topological polar surface area (TPSA) is 12.4 Å². The van der Waals surface area contributed by atoms with Crippen molar-refractivity contribution in [2.45, 2.75) is 27.7 Å². The molecule has 0 atom stereocenters. The zero-order valence-electron chi connectivity index (χ0n) is 8.39. The van der Waals surface area contributed by atoms with Gasteiger partial charge in [-0.2, -0.15) is 0 Å². The second kappa shape index (κ2) is 4.74. The molecule has 0 aliphatic heterocycles. The lowest BCUT2D eigenvalue weighted by atomic mass is 9.93. The molecule has 1 nitrogen and oxygen atoms in total. The van der Waals surface area contributed by atoms with Crippen LogP contribution < -0.4 is 0 Å². The van der Waals surface area contributed by atoms with Crippen LogP contribution in [0.4, 0.5) is 0 Å². The number of allylic oxidation sites excluding steroid dienone is 2. The Bertz CT molecular complexity index is 232. The van der Waals surface area contributed by atoms with Gasteiger partial charge in [0, 0.05) is 17.3 Å². The van der Waals surface area contributed by atoms with Gasteiger partial charge in [-0.1, -0.05) is 27.4 Å². The van der Waals surface area contributed by atoms with Crippen molar-refractivity contribution in [2.24, 2.45) is 10.4 Å². The lowest BCUT2D eigenvalue weighted by molar-refractivity contribution is 0.501. The Balaban J connectivity index is 4.20. The van der Waals surface area contributed by atoms with Gasteiger partial charge in [-0.25, -0.2) is 0 Å². The lowest BCUT2D eigenvalue weighted by Crippen LogP contribution is -2.05. The molecule has 0 saturated carbocycles. The van der Waals surface area contributed by atoms with Gasteiger partial charge in [0.05, 0.1) is 0 Å². The molecule has 0 aromatic rings. The van der Waals surface area contributed by atoms with Gasteiger partial charge in [0.15, 0.2) is 0 Å².